The van der Waals surface area contributed by atoms with E-state index in [0.29, 0.717) is 23.7 Å². The predicted octanol–water partition coefficient (Wildman–Crippen LogP) is 7.46. The van der Waals surface area contributed by atoms with Crippen molar-refractivity contribution in [2.75, 3.05) is 20.8 Å². The van der Waals surface area contributed by atoms with Crippen molar-refractivity contribution in [3.8, 4) is 5.75 Å². The maximum absolute atomic E-state index is 13.6. The molecule has 0 aliphatic heterocycles. The fraction of sp³-hybridized carbons (Fsp3) is 0.778. The average molecular weight is 440 g/mol. The van der Waals surface area contributed by atoms with Crippen LogP contribution in [-0.2, 0) is 5.54 Å². The summed E-state index contributed by atoms with van der Waals surface area (Å²) in [5.41, 5.74) is 1.81. The van der Waals surface area contributed by atoms with E-state index < -0.39 is 0 Å². The van der Waals surface area contributed by atoms with Crippen LogP contribution in [0.4, 0.5) is 4.39 Å². The number of aliphatic hydroxyl groups is 1. The van der Waals surface area contributed by atoms with Gasteiger partial charge in [-0.3, -0.25) is 0 Å². The van der Waals surface area contributed by atoms with Crippen LogP contribution >= 0.6 is 0 Å². The highest BCUT2D eigenvalue weighted by atomic mass is 19.1. The van der Waals surface area contributed by atoms with Gasteiger partial charge in [0.1, 0.15) is 0 Å². The van der Waals surface area contributed by atoms with Crippen molar-refractivity contribution in [1.82, 2.24) is 5.32 Å². The summed E-state index contributed by atoms with van der Waals surface area (Å²) in [7, 11) is 2.96. The maximum atomic E-state index is 13.6. The van der Waals surface area contributed by atoms with Crippen LogP contribution in [0, 0.1) is 17.2 Å². The van der Waals surface area contributed by atoms with Crippen LogP contribution in [0.3, 0.4) is 0 Å². The van der Waals surface area contributed by atoms with Crippen LogP contribution in [0.15, 0.2) is 18.2 Å². The maximum Gasteiger partial charge on any atom is 0.165 e. The highest BCUT2D eigenvalue weighted by Crippen LogP contribution is 2.46. The lowest BCUT2D eigenvalue weighted by Crippen LogP contribution is -2.24. The third kappa shape index (κ3) is 10.4. The minimum atomic E-state index is -0.249. The van der Waals surface area contributed by atoms with Gasteiger partial charge in [0.2, 0.25) is 0 Å². The summed E-state index contributed by atoms with van der Waals surface area (Å²) < 4.78 is 19.2. The van der Waals surface area contributed by atoms with E-state index in [1.54, 1.807) is 0 Å². The van der Waals surface area contributed by atoms with Crippen molar-refractivity contribution in [3.05, 3.63) is 29.6 Å². The number of aliphatic hydroxyl groups excluding tert-OH is 1. The van der Waals surface area contributed by atoms with Gasteiger partial charge in [0, 0.05) is 14.1 Å². The molecule has 0 saturated heterocycles. The first-order chi connectivity index (χ1) is 14.9. The van der Waals surface area contributed by atoms with Crippen LogP contribution in [-0.4, -0.2) is 25.9 Å². The van der Waals surface area contributed by atoms with Gasteiger partial charge < -0.3 is 15.2 Å². The molecule has 182 valence electrons. The quantitative estimate of drug-likeness (QED) is 0.332. The van der Waals surface area contributed by atoms with Crippen LogP contribution < -0.4 is 10.1 Å². The SMILES string of the molecule is CCCCCCCC(C)(C)CC.CNC1(c2ccc(F)c(OCC3CC3)c2)CC1.CO.[HH]. The molecule has 2 N–H and O–H groups in total. The molecule has 2 aliphatic rings. The fourth-order valence-electron chi connectivity index (χ4n) is 3.60. The first kappa shape index (κ1) is 27.9. The monoisotopic (exact) mass is 439 g/mol. The van der Waals surface area contributed by atoms with Gasteiger partial charge in [-0.15, -0.1) is 0 Å². The zero-order valence-corrected chi connectivity index (χ0v) is 21.0. The summed E-state index contributed by atoms with van der Waals surface area (Å²) in [6.45, 7) is 9.99. The first-order valence-corrected chi connectivity index (χ1v) is 12.4. The second kappa shape index (κ2) is 14.1. The topological polar surface area (TPSA) is 41.5 Å². The number of hydrogen-bond acceptors (Lipinski definition) is 3. The molecule has 2 aliphatic carbocycles. The van der Waals surface area contributed by atoms with E-state index in [2.05, 4.69) is 33.0 Å². The van der Waals surface area contributed by atoms with E-state index in [4.69, 9.17) is 9.84 Å². The molecule has 3 rings (SSSR count). The normalized spacial score (nSPS) is 16.5. The third-order valence-electron chi connectivity index (χ3n) is 6.80. The van der Waals surface area contributed by atoms with Crippen molar-refractivity contribution in [2.45, 2.75) is 104 Å². The number of benzene rings is 1. The molecule has 1 aromatic rings. The largest absolute Gasteiger partial charge is 0.490 e. The molecule has 0 unspecified atom stereocenters. The van der Waals surface area contributed by atoms with Crippen molar-refractivity contribution in [2.24, 2.45) is 11.3 Å². The smallest absolute Gasteiger partial charge is 0.165 e. The molecule has 2 fully saturated rings. The Morgan fingerprint density at radius 2 is 1.77 bits per heavy atom. The third-order valence-corrected chi connectivity index (χ3v) is 6.80. The molecule has 2 saturated carbocycles. The summed E-state index contributed by atoms with van der Waals surface area (Å²) in [5, 5.41) is 10.3. The number of ether oxygens (including phenoxy) is 1. The van der Waals surface area contributed by atoms with Crippen molar-refractivity contribution >= 4 is 0 Å². The highest BCUT2D eigenvalue weighted by Gasteiger charge is 2.43. The molecule has 0 atom stereocenters. The van der Waals surface area contributed by atoms with Gasteiger partial charge in [0.15, 0.2) is 11.6 Å². The van der Waals surface area contributed by atoms with Gasteiger partial charge in [-0.2, -0.15) is 0 Å². The van der Waals surface area contributed by atoms with E-state index in [1.807, 2.05) is 19.2 Å². The molecule has 31 heavy (non-hydrogen) atoms. The van der Waals surface area contributed by atoms with E-state index in [0.717, 1.165) is 25.5 Å². The van der Waals surface area contributed by atoms with Gasteiger partial charge in [-0.05, 0) is 68.2 Å². The lowest BCUT2D eigenvalue weighted by molar-refractivity contribution is 0.284. The number of nitrogens with one attached hydrogen (secondary N) is 1. The second-order valence-electron chi connectivity index (χ2n) is 9.91. The average Bonchev–Trinajstić information content (AvgIpc) is 3.70. The van der Waals surface area contributed by atoms with Crippen molar-refractivity contribution < 1.29 is 15.7 Å². The van der Waals surface area contributed by atoms with Gasteiger partial charge >= 0.3 is 0 Å². The Labute approximate surface area is 192 Å². The Morgan fingerprint density at radius 1 is 1.13 bits per heavy atom. The summed E-state index contributed by atoms with van der Waals surface area (Å²) >= 11 is 0. The van der Waals surface area contributed by atoms with Gasteiger partial charge in [-0.25, -0.2) is 4.39 Å². The Bertz CT molecular complexity index is 616. The van der Waals surface area contributed by atoms with E-state index in [1.165, 1.54) is 63.9 Å². The van der Waals surface area contributed by atoms with Crippen molar-refractivity contribution in [3.63, 3.8) is 0 Å². The summed E-state index contributed by atoms with van der Waals surface area (Å²) in [5.74, 6) is 0.814. The molecule has 4 heteroatoms. The number of halogens is 1. The minimum absolute atomic E-state index is 0. The highest BCUT2D eigenvalue weighted by molar-refractivity contribution is 5.37. The minimum Gasteiger partial charge on any atom is -0.490 e. The van der Waals surface area contributed by atoms with Crippen LogP contribution in [0.5, 0.6) is 5.75 Å². The molecular formula is C27H50FNO2. The predicted molar refractivity (Wildman–Crippen MR) is 132 cm³/mol. The summed E-state index contributed by atoms with van der Waals surface area (Å²) in [4.78, 5) is 0. The molecule has 0 aromatic heterocycles. The lowest BCUT2D eigenvalue weighted by atomic mass is 9.84. The van der Waals surface area contributed by atoms with Crippen LogP contribution in [0.1, 0.15) is 105 Å². The zero-order valence-electron chi connectivity index (χ0n) is 21.0. The van der Waals surface area contributed by atoms with Crippen LogP contribution in [0.2, 0.25) is 0 Å². The summed E-state index contributed by atoms with van der Waals surface area (Å²) in [6.07, 6.45) is 14.5. The van der Waals surface area contributed by atoms with Crippen molar-refractivity contribution in [1.29, 1.82) is 0 Å². The molecule has 0 heterocycles. The number of hydrogen-bond donors (Lipinski definition) is 2. The number of rotatable bonds is 12. The Hall–Kier alpha value is -1.13. The van der Waals surface area contributed by atoms with Crippen LogP contribution in [0.25, 0.3) is 0 Å². The van der Waals surface area contributed by atoms with Gasteiger partial charge in [-0.1, -0.05) is 72.3 Å². The van der Waals surface area contributed by atoms with E-state index in [9.17, 15) is 4.39 Å². The molecule has 1 aromatic carbocycles. The molecule has 0 bridgehead atoms. The number of unbranched alkanes of at least 4 members (excludes halogenated alkanes) is 4. The lowest BCUT2D eigenvalue weighted by Gasteiger charge is -2.22. The van der Waals surface area contributed by atoms with E-state index in [-0.39, 0.29) is 12.8 Å². The molecule has 3 nitrogen and oxygen atoms in total. The molecular weight excluding hydrogens is 389 g/mol. The Kier molecular flexibility index (Phi) is 12.7. The second-order valence-corrected chi connectivity index (χ2v) is 9.91. The Morgan fingerprint density at radius 3 is 2.29 bits per heavy atom. The molecule has 0 spiro atoms. The Balaban J connectivity index is 0.000000573. The molecule has 0 amide bonds. The zero-order chi connectivity index (χ0) is 23.3. The van der Waals surface area contributed by atoms with Gasteiger partial charge in [0.25, 0.3) is 0 Å². The summed E-state index contributed by atoms with van der Waals surface area (Å²) in [6, 6.07) is 5.25. The standard InChI is InChI=1S/C14H18FNO.C12H26.CH4O.H2/c1-16-14(6-7-14)11-4-5-12(15)13(8-11)17-9-10-2-3-10;1-5-7-8-9-10-11-12(3,4)6-2;1-2;/h4-5,8,10,16H,2-3,6-7,9H2,1H3;5-11H2,1-4H3;2H,1H3;1H. The fourth-order valence-corrected chi connectivity index (χ4v) is 3.60. The first-order valence-electron chi connectivity index (χ1n) is 12.4. The van der Waals surface area contributed by atoms with E-state index >= 15 is 0 Å². The van der Waals surface area contributed by atoms with Gasteiger partial charge in [0.05, 0.1) is 6.61 Å². The molecule has 0 radical (unpaired) electrons.